The van der Waals surface area contributed by atoms with Crippen molar-refractivity contribution in [1.29, 1.82) is 0 Å². The molecule has 32 heavy (non-hydrogen) atoms. The molecule has 3 rings (SSSR count). The molecule has 2 heterocycles. The molecule has 0 aliphatic heterocycles. The number of nitro groups is 1. The third-order valence-electron chi connectivity index (χ3n) is 4.16. The van der Waals surface area contributed by atoms with E-state index in [1.54, 1.807) is 29.8 Å². The van der Waals surface area contributed by atoms with Crippen LogP contribution in [-0.2, 0) is 0 Å². The number of nitrogens with zero attached hydrogens (tertiary/aromatic N) is 4. The fourth-order valence-electron chi connectivity index (χ4n) is 2.72. The second-order valence-electron chi connectivity index (χ2n) is 6.34. The highest BCUT2D eigenvalue weighted by molar-refractivity contribution is 7.79. The summed E-state index contributed by atoms with van der Waals surface area (Å²) >= 11 is 17.3. The summed E-state index contributed by atoms with van der Waals surface area (Å²) in [7, 11) is 0. The van der Waals surface area contributed by atoms with Gasteiger partial charge < -0.3 is 21.7 Å². The Morgan fingerprint density at radius 3 is 2.59 bits per heavy atom. The number of rotatable bonds is 10. The Kier molecular flexibility index (Phi) is 7.92. The number of thiocarbonyl (C=S) groups is 1. The van der Waals surface area contributed by atoms with E-state index in [0.717, 1.165) is 0 Å². The molecule has 0 bridgehead atoms. The van der Waals surface area contributed by atoms with Gasteiger partial charge in [-0.3, -0.25) is 10.1 Å². The van der Waals surface area contributed by atoms with Crippen molar-refractivity contribution in [1.82, 2.24) is 15.0 Å². The summed E-state index contributed by atoms with van der Waals surface area (Å²) < 4.78 is 0. The first-order valence-electron chi connectivity index (χ1n) is 9.27. The van der Waals surface area contributed by atoms with E-state index in [0.29, 0.717) is 58.4 Å². The molecule has 2 aromatic heterocycles. The van der Waals surface area contributed by atoms with Crippen molar-refractivity contribution in [3.8, 4) is 11.3 Å². The SMILES string of the molecule is Nc1nc(NCCNc2ncc(NCC=S)c(-c3ccc(Cl)cc3Cl)n2)ccc1[N+](=O)[O-]. The lowest BCUT2D eigenvalue weighted by molar-refractivity contribution is -0.384. The topological polar surface area (TPSA) is 144 Å². The minimum Gasteiger partial charge on any atom is -0.378 e. The van der Waals surface area contributed by atoms with Crippen molar-refractivity contribution >= 4 is 69.7 Å². The van der Waals surface area contributed by atoms with Crippen molar-refractivity contribution in [3.63, 3.8) is 0 Å². The third-order valence-corrected chi connectivity index (χ3v) is 4.88. The van der Waals surface area contributed by atoms with E-state index in [2.05, 4.69) is 30.9 Å². The van der Waals surface area contributed by atoms with Crippen molar-refractivity contribution in [2.75, 3.05) is 41.3 Å². The van der Waals surface area contributed by atoms with Gasteiger partial charge in [0.1, 0.15) is 11.5 Å². The van der Waals surface area contributed by atoms with E-state index in [4.69, 9.17) is 41.2 Å². The maximum atomic E-state index is 10.8. The smallest absolute Gasteiger partial charge is 0.311 e. The molecular formula is C19H18Cl2N8O2S. The van der Waals surface area contributed by atoms with Gasteiger partial charge in [0, 0.05) is 36.3 Å². The Balaban J connectivity index is 1.69. The predicted molar refractivity (Wildman–Crippen MR) is 132 cm³/mol. The number of hydrogen-bond acceptors (Lipinski definition) is 10. The molecule has 3 aromatic rings. The van der Waals surface area contributed by atoms with Gasteiger partial charge in [-0.15, -0.1) is 0 Å². The van der Waals surface area contributed by atoms with Gasteiger partial charge in [-0.1, -0.05) is 35.4 Å². The van der Waals surface area contributed by atoms with Gasteiger partial charge in [0.25, 0.3) is 0 Å². The van der Waals surface area contributed by atoms with Crippen LogP contribution in [0.2, 0.25) is 10.0 Å². The summed E-state index contributed by atoms with van der Waals surface area (Å²) in [6.07, 6.45) is 1.64. The van der Waals surface area contributed by atoms with Crippen molar-refractivity contribution in [3.05, 3.63) is 56.7 Å². The number of nitrogen functional groups attached to an aromatic ring is 1. The highest BCUT2D eigenvalue weighted by Crippen LogP contribution is 2.33. The molecule has 0 saturated heterocycles. The summed E-state index contributed by atoms with van der Waals surface area (Å²) in [5, 5.41) is 22.6. The molecule has 0 unspecified atom stereocenters. The number of benzene rings is 1. The van der Waals surface area contributed by atoms with Crippen molar-refractivity contribution < 1.29 is 4.92 Å². The predicted octanol–water partition coefficient (Wildman–Crippen LogP) is 4.27. The van der Waals surface area contributed by atoms with Crippen LogP contribution in [0.5, 0.6) is 0 Å². The first kappa shape index (κ1) is 23.4. The fourth-order valence-corrected chi connectivity index (χ4v) is 3.30. The van der Waals surface area contributed by atoms with E-state index in [-0.39, 0.29) is 11.5 Å². The quantitative estimate of drug-likeness (QED) is 0.140. The molecule has 5 N–H and O–H groups in total. The summed E-state index contributed by atoms with van der Waals surface area (Å²) in [6.45, 7) is 1.34. The van der Waals surface area contributed by atoms with Crippen molar-refractivity contribution in [2.45, 2.75) is 0 Å². The van der Waals surface area contributed by atoms with Gasteiger partial charge in [-0.05, 0) is 29.6 Å². The summed E-state index contributed by atoms with van der Waals surface area (Å²) in [5.74, 6) is 0.654. The van der Waals surface area contributed by atoms with Gasteiger partial charge in [0.05, 0.1) is 21.8 Å². The van der Waals surface area contributed by atoms with Crippen molar-refractivity contribution in [2.24, 2.45) is 0 Å². The molecule has 0 aliphatic carbocycles. The molecule has 0 radical (unpaired) electrons. The molecule has 0 aliphatic rings. The molecule has 0 spiro atoms. The van der Waals surface area contributed by atoms with Crippen LogP contribution in [0.25, 0.3) is 11.3 Å². The van der Waals surface area contributed by atoms with E-state index < -0.39 is 4.92 Å². The van der Waals surface area contributed by atoms with Gasteiger partial charge in [0.15, 0.2) is 0 Å². The molecule has 13 heteroatoms. The fraction of sp³-hybridized carbons (Fsp3) is 0.158. The summed E-state index contributed by atoms with van der Waals surface area (Å²) in [5.41, 5.74) is 7.32. The molecule has 166 valence electrons. The minimum atomic E-state index is -0.583. The molecular weight excluding hydrogens is 475 g/mol. The maximum Gasteiger partial charge on any atom is 0.311 e. The first-order valence-corrected chi connectivity index (χ1v) is 10.5. The Morgan fingerprint density at radius 1 is 1.12 bits per heavy atom. The van der Waals surface area contributed by atoms with Gasteiger partial charge >= 0.3 is 5.69 Å². The molecule has 1 aromatic carbocycles. The number of anilines is 4. The van der Waals surface area contributed by atoms with Crippen LogP contribution >= 0.6 is 35.4 Å². The zero-order valence-electron chi connectivity index (χ0n) is 16.5. The summed E-state index contributed by atoms with van der Waals surface area (Å²) in [6, 6.07) is 7.94. The highest BCUT2D eigenvalue weighted by Gasteiger charge is 2.14. The number of nitrogens with two attached hydrogens (primary N) is 1. The Bertz CT molecular complexity index is 1150. The number of nitrogens with one attached hydrogen (secondary N) is 3. The Hall–Kier alpha value is -3.28. The average molecular weight is 493 g/mol. The van der Waals surface area contributed by atoms with E-state index >= 15 is 0 Å². The largest absolute Gasteiger partial charge is 0.378 e. The zero-order chi connectivity index (χ0) is 23.1. The number of pyridine rings is 1. The van der Waals surface area contributed by atoms with Gasteiger partial charge in [0.2, 0.25) is 11.8 Å². The van der Waals surface area contributed by atoms with Crippen LogP contribution in [0, 0.1) is 10.1 Å². The normalized spacial score (nSPS) is 10.4. The average Bonchev–Trinajstić information content (AvgIpc) is 2.75. The molecule has 10 nitrogen and oxygen atoms in total. The minimum absolute atomic E-state index is 0.153. The molecule has 0 saturated carbocycles. The number of hydrogen-bond donors (Lipinski definition) is 4. The van der Waals surface area contributed by atoms with Gasteiger partial charge in [-0.2, -0.15) is 0 Å². The molecule has 0 fully saturated rings. The van der Waals surface area contributed by atoms with Gasteiger partial charge in [-0.25, -0.2) is 15.0 Å². The van der Waals surface area contributed by atoms with E-state index in [1.165, 1.54) is 12.1 Å². The lowest BCUT2D eigenvalue weighted by Gasteiger charge is -2.14. The maximum absolute atomic E-state index is 10.8. The van der Waals surface area contributed by atoms with E-state index in [9.17, 15) is 10.1 Å². The highest BCUT2D eigenvalue weighted by atomic mass is 35.5. The van der Waals surface area contributed by atoms with Crippen LogP contribution in [0.15, 0.2) is 36.5 Å². The van der Waals surface area contributed by atoms with Crippen LogP contribution < -0.4 is 21.7 Å². The second kappa shape index (κ2) is 10.8. The Morgan fingerprint density at radius 2 is 1.91 bits per heavy atom. The Labute approximate surface area is 198 Å². The number of halogens is 2. The summed E-state index contributed by atoms with van der Waals surface area (Å²) in [4.78, 5) is 23.1. The van der Waals surface area contributed by atoms with Crippen LogP contribution in [-0.4, -0.2) is 44.9 Å². The second-order valence-corrected chi connectivity index (χ2v) is 7.52. The standard InChI is InChI=1S/C19H18Cl2N8O2S/c20-11-1-2-12(13(21)9-11)17-14(23-7-8-32)10-26-19(28-17)25-6-5-24-16-4-3-15(29(30)31)18(22)27-16/h1-4,8-10,23H,5-7H2,(H3,22,24,27)(H,25,26,28). The monoisotopic (exact) mass is 492 g/mol. The zero-order valence-corrected chi connectivity index (χ0v) is 18.8. The molecule has 0 amide bonds. The van der Waals surface area contributed by atoms with Crippen LogP contribution in [0.1, 0.15) is 0 Å². The lowest BCUT2D eigenvalue weighted by Crippen LogP contribution is -2.16. The van der Waals surface area contributed by atoms with Crippen LogP contribution in [0.4, 0.5) is 29.0 Å². The van der Waals surface area contributed by atoms with E-state index in [1.807, 2.05) is 0 Å². The first-order chi connectivity index (χ1) is 15.4. The lowest BCUT2D eigenvalue weighted by atomic mass is 10.1. The van der Waals surface area contributed by atoms with Crippen LogP contribution in [0.3, 0.4) is 0 Å². The number of aromatic nitrogens is 3. The molecule has 0 atom stereocenters. The third kappa shape index (κ3) is 5.90.